The van der Waals surface area contributed by atoms with Crippen LogP contribution in [0.5, 0.6) is 0 Å². The molecule has 0 aromatic heterocycles. The maximum atomic E-state index is 13.3. The van der Waals surface area contributed by atoms with Gasteiger partial charge >= 0.3 is 0 Å². The maximum Gasteiger partial charge on any atom is 0.254 e. The number of aliphatic hydroxyl groups is 1. The van der Waals surface area contributed by atoms with Crippen LogP contribution in [0.25, 0.3) is 0 Å². The first kappa shape index (κ1) is 12.1. The quantitative estimate of drug-likeness (QED) is 0.882. The fraction of sp³-hybridized carbons (Fsp3) is 0.300. The molecule has 15 heavy (non-hydrogen) atoms. The van der Waals surface area contributed by atoms with Gasteiger partial charge in [-0.25, -0.2) is 4.39 Å². The highest BCUT2D eigenvalue weighted by Gasteiger charge is 2.13. The number of carbonyl (C=O) groups excluding carboxylic acids is 1. The van der Waals surface area contributed by atoms with Crippen LogP contribution in [0.3, 0.4) is 0 Å². The zero-order valence-electron chi connectivity index (χ0n) is 8.13. The van der Waals surface area contributed by atoms with Gasteiger partial charge in [0.1, 0.15) is 5.82 Å². The molecule has 0 heterocycles. The van der Waals surface area contributed by atoms with Crippen LogP contribution in [-0.4, -0.2) is 23.7 Å². The van der Waals surface area contributed by atoms with Crippen LogP contribution in [0.15, 0.2) is 22.7 Å². The summed E-state index contributed by atoms with van der Waals surface area (Å²) in [6.07, 6.45) is 0. The highest BCUT2D eigenvalue weighted by Crippen LogP contribution is 2.15. The summed E-state index contributed by atoms with van der Waals surface area (Å²) in [5.74, 6) is -1.12. The van der Waals surface area contributed by atoms with Crippen LogP contribution < -0.4 is 5.32 Å². The average molecular weight is 276 g/mol. The van der Waals surface area contributed by atoms with Gasteiger partial charge in [-0.15, -0.1) is 0 Å². The molecule has 1 unspecified atom stereocenters. The van der Waals surface area contributed by atoms with E-state index in [1.165, 1.54) is 12.1 Å². The number of nitrogens with one attached hydrogen (secondary N) is 1. The molecular weight excluding hydrogens is 265 g/mol. The summed E-state index contributed by atoms with van der Waals surface area (Å²) in [4.78, 5) is 11.5. The van der Waals surface area contributed by atoms with E-state index in [9.17, 15) is 9.18 Å². The smallest absolute Gasteiger partial charge is 0.254 e. The Hall–Kier alpha value is -0.940. The summed E-state index contributed by atoms with van der Waals surface area (Å²) in [5.41, 5.74) is -0.0292. The normalized spacial score (nSPS) is 12.3. The fourth-order valence-corrected chi connectivity index (χ4v) is 1.35. The summed E-state index contributed by atoms with van der Waals surface area (Å²) in [6.45, 7) is 1.46. The van der Waals surface area contributed by atoms with Crippen molar-refractivity contribution in [2.75, 3.05) is 6.61 Å². The highest BCUT2D eigenvalue weighted by molar-refractivity contribution is 9.10. The molecule has 1 atom stereocenters. The Labute approximate surface area is 95.4 Å². The topological polar surface area (TPSA) is 49.3 Å². The van der Waals surface area contributed by atoms with Crippen molar-refractivity contribution in [2.45, 2.75) is 13.0 Å². The largest absolute Gasteiger partial charge is 0.394 e. The second-order valence-electron chi connectivity index (χ2n) is 3.18. The van der Waals surface area contributed by atoms with Gasteiger partial charge in [-0.1, -0.05) is 15.9 Å². The molecule has 1 amide bonds. The van der Waals surface area contributed by atoms with Crippen LogP contribution in [0.1, 0.15) is 17.3 Å². The van der Waals surface area contributed by atoms with Gasteiger partial charge in [-0.3, -0.25) is 4.79 Å². The average Bonchev–Trinajstić information content (AvgIpc) is 2.17. The Morgan fingerprint density at radius 2 is 2.33 bits per heavy atom. The lowest BCUT2D eigenvalue weighted by Gasteiger charge is -2.11. The van der Waals surface area contributed by atoms with Crippen molar-refractivity contribution in [3.63, 3.8) is 0 Å². The zero-order valence-corrected chi connectivity index (χ0v) is 9.71. The minimum absolute atomic E-state index is 0.0292. The first-order valence-electron chi connectivity index (χ1n) is 4.41. The summed E-state index contributed by atoms with van der Waals surface area (Å²) >= 11 is 3.10. The van der Waals surface area contributed by atoms with Crippen molar-refractivity contribution in [1.29, 1.82) is 0 Å². The minimum atomic E-state index is -0.591. The van der Waals surface area contributed by atoms with E-state index < -0.39 is 11.7 Å². The van der Waals surface area contributed by atoms with Gasteiger partial charge in [-0.2, -0.15) is 0 Å². The number of amides is 1. The van der Waals surface area contributed by atoms with E-state index in [-0.39, 0.29) is 18.2 Å². The third-order valence-electron chi connectivity index (χ3n) is 1.83. The molecule has 0 radical (unpaired) electrons. The van der Waals surface area contributed by atoms with Crippen molar-refractivity contribution < 1.29 is 14.3 Å². The van der Waals surface area contributed by atoms with Crippen molar-refractivity contribution in [3.05, 3.63) is 34.1 Å². The van der Waals surface area contributed by atoms with E-state index in [4.69, 9.17) is 5.11 Å². The molecule has 0 aliphatic rings. The second kappa shape index (κ2) is 5.23. The molecule has 1 rings (SSSR count). The number of benzene rings is 1. The molecule has 0 spiro atoms. The van der Waals surface area contributed by atoms with E-state index in [2.05, 4.69) is 21.2 Å². The third-order valence-corrected chi connectivity index (χ3v) is 2.32. The minimum Gasteiger partial charge on any atom is -0.394 e. The number of halogens is 2. The molecule has 2 N–H and O–H groups in total. The summed E-state index contributed by atoms with van der Waals surface area (Å²) in [6, 6.07) is 3.81. The van der Waals surface area contributed by atoms with Crippen molar-refractivity contribution in [1.82, 2.24) is 5.32 Å². The molecule has 0 fully saturated rings. The number of rotatable bonds is 3. The lowest BCUT2D eigenvalue weighted by Crippen LogP contribution is -2.35. The van der Waals surface area contributed by atoms with Crippen LogP contribution >= 0.6 is 15.9 Å². The zero-order chi connectivity index (χ0) is 11.4. The molecule has 1 aromatic rings. The van der Waals surface area contributed by atoms with E-state index in [0.29, 0.717) is 4.47 Å². The first-order valence-corrected chi connectivity index (χ1v) is 5.20. The number of hydrogen-bond donors (Lipinski definition) is 2. The van der Waals surface area contributed by atoms with Crippen LogP contribution in [-0.2, 0) is 0 Å². The number of carbonyl (C=O) groups is 1. The Morgan fingerprint density at radius 1 is 1.67 bits per heavy atom. The molecule has 3 nitrogen and oxygen atoms in total. The van der Waals surface area contributed by atoms with Gasteiger partial charge in [0, 0.05) is 10.5 Å². The predicted octanol–water partition coefficient (Wildman–Crippen LogP) is 1.70. The predicted molar refractivity (Wildman–Crippen MR) is 58.1 cm³/mol. The van der Waals surface area contributed by atoms with E-state index in [1.54, 1.807) is 13.0 Å². The SMILES string of the molecule is CC(CO)NC(=O)c1ccc(Br)cc1F. The number of aliphatic hydroxyl groups excluding tert-OH is 1. The summed E-state index contributed by atoms with van der Waals surface area (Å²) in [5, 5.41) is 11.2. The lowest BCUT2D eigenvalue weighted by atomic mass is 10.2. The van der Waals surface area contributed by atoms with Gasteiger partial charge in [0.15, 0.2) is 0 Å². The fourth-order valence-electron chi connectivity index (χ4n) is 1.02. The Bertz CT molecular complexity index is 370. The molecule has 0 saturated carbocycles. The molecular formula is C10H11BrFNO2. The molecule has 1 aromatic carbocycles. The first-order chi connectivity index (χ1) is 7.04. The van der Waals surface area contributed by atoms with Gasteiger partial charge in [0.2, 0.25) is 0 Å². The van der Waals surface area contributed by atoms with Gasteiger partial charge < -0.3 is 10.4 Å². The molecule has 82 valence electrons. The monoisotopic (exact) mass is 275 g/mol. The lowest BCUT2D eigenvalue weighted by molar-refractivity contribution is 0.0918. The summed E-state index contributed by atoms with van der Waals surface area (Å²) in [7, 11) is 0. The van der Waals surface area contributed by atoms with E-state index >= 15 is 0 Å². The molecule has 0 aliphatic heterocycles. The van der Waals surface area contributed by atoms with Gasteiger partial charge in [-0.05, 0) is 25.1 Å². The Balaban J connectivity index is 2.82. The van der Waals surface area contributed by atoms with E-state index in [1.807, 2.05) is 0 Å². The molecule has 0 saturated heterocycles. The second-order valence-corrected chi connectivity index (χ2v) is 4.10. The molecule has 0 bridgehead atoms. The third kappa shape index (κ3) is 3.28. The van der Waals surface area contributed by atoms with E-state index in [0.717, 1.165) is 0 Å². The maximum absolute atomic E-state index is 13.3. The van der Waals surface area contributed by atoms with Crippen LogP contribution in [0.4, 0.5) is 4.39 Å². The van der Waals surface area contributed by atoms with Crippen molar-refractivity contribution in [3.8, 4) is 0 Å². The van der Waals surface area contributed by atoms with Crippen LogP contribution in [0.2, 0.25) is 0 Å². The van der Waals surface area contributed by atoms with Crippen LogP contribution in [0, 0.1) is 5.82 Å². The Kier molecular flexibility index (Phi) is 4.23. The van der Waals surface area contributed by atoms with Gasteiger partial charge in [0.25, 0.3) is 5.91 Å². The molecule has 0 aliphatic carbocycles. The highest BCUT2D eigenvalue weighted by atomic mass is 79.9. The molecule has 5 heteroatoms. The Morgan fingerprint density at radius 3 is 2.87 bits per heavy atom. The summed E-state index contributed by atoms with van der Waals surface area (Å²) < 4.78 is 13.9. The van der Waals surface area contributed by atoms with Gasteiger partial charge in [0.05, 0.1) is 12.2 Å². The number of hydrogen-bond acceptors (Lipinski definition) is 2. The van der Waals surface area contributed by atoms with Crippen molar-refractivity contribution >= 4 is 21.8 Å². The van der Waals surface area contributed by atoms with Crippen molar-refractivity contribution in [2.24, 2.45) is 0 Å². The standard InChI is InChI=1S/C10H11BrFNO2/c1-6(5-14)13-10(15)8-3-2-7(11)4-9(8)12/h2-4,6,14H,5H2,1H3,(H,13,15).